The first-order valence-electron chi connectivity index (χ1n) is 11.1. The lowest BCUT2D eigenvalue weighted by molar-refractivity contribution is -0.137. The molecule has 0 radical (unpaired) electrons. The summed E-state index contributed by atoms with van der Waals surface area (Å²) in [6.45, 7) is 8.65. The molecule has 0 fully saturated rings. The van der Waals surface area contributed by atoms with Gasteiger partial charge in [-0.25, -0.2) is 0 Å². The minimum absolute atomic E-state index is 0.0287. The molecular weight excluding hydrogens is 425 g/mol. The van der Waals surface area contributed by atoms with Crippen LogP contribution in [0.25, 0.3) is 16.9 Å². The van der Waals surface area contributed by atoms with Crippen LogP contribution in [0.15, 0.2) is 59.8 Å². The number of benzene rings is 2. The predicted molar refractivity (Wildman–Crippen MR) is 126 cm³/mol. The van der Waals surface area contributed by atoms with Crippen molar-refractivity contribution in [1.29, 1.82) is 0 Å². The van der Waals surface area contributed by atoms with Gasteiger partial charge in [0.15, 0.2) is 0 Å². The fraction of sp³-hybridized carbons (Fsp3) is 0.370. The number of rotatable bonds is 3. The zero-order valence-electron chi connectivity index (χ0n) is 19.6. The monoisotopic (exact) mass is 454 g/mol. The minimum atomic E-state index is -4.37. The number of hydrogen-bond donors (Lipinski definition) is 0. The average molecular weight is 455 g/mol. The molecule has 33 heavy (non-hydrogen) atoms. The van der Waals surface area contributed by atoms with Crippen molar-refractivity contribution in [2.45, 2.75) is 52.1 Å². The third-order valence-electron chi connectivity index (χ3n) is 6.20. The topological polar surface area (TPSA) is 26.5 Å². The lowest BCUT2D eigenvalue weighted by atomic mass is 9.86. The quantitative estimate of drug-likeness (QED) is 0.379. The molecule has 4 rings (SSSR count). The van der Waals surface area contributed by atoms with Gasteiger partial charge in [-0.15, -0.1) is 0 Å². The molecule has 0 aliphatic heterocycles. The van der Waals surface area contributed by atoms with Crippen molar-refractivity contribution >= 4 is 5.71 Å². The third-order valence-corrected chi connectivity index (χ3v) is 6.20. The molecule has 0 N–H and O–H groups in total. The van der Waals surface area contributed by atoms with Gasteiger partial charge in [0, 0.05) is 16.9 Å². The standard InChI is InChI=1S/C27H29F3N2O/c1-17-14-23(31-33-5)22-16-24(18-6-8-19(9-7-18)26(2,3)4)32(25(22)15-17)21-12-10-20(11-13-21)27(28,29)30/h6-13,16-17H,14-15H2,1-5H3/b31-23-/t17-/m1/s1. The zero-order valence-corrected chi connectivity index (χ0v) is 19.6. The Hall–Kier alpha value is -3.02. The fourth-order valence-electron chi connectivity index (χ4n) is 4.49. The summed E-state index contributed by atoms with van der Waals surface area (Å²) >= 11 is 0. The van der Waals surface area contributed by atoms with E-state index in [1.807, 2.05) is 0 Å². The normalized spacial score (nSPS) is 17.8. The smallest absolute Gasteiger partial charge is 0.399 e. The Balaban J connectivity index is 1.91. The van der Waals surface area contributed by atoms with Gasteiger partial charge in [0.2, 0.25) is 0 Å². The van der Waals surface area contributed by atoms with Crippen LogP contribution >= 0.6 is 0 Å². The van der Waals surface area contributed by atoms with Crippen LogP contribution in [0.2, 0.25) is 0 Å². The van der Waals surface area contributed by atoms with E-state index >= 15 is 0 Å². The molecule has 3 aromatic rings. The third kappa shape index (κ3) is 4.56. The first-order chi connectivity index (χ1) is 15.5. The molecule has 2 aromatic carbocycles. The van der Waals surface area contributed by atoms with Gasteiger partial charge in [-0.1, -0.05) is 57.1 Å². The van der Waals surface area contributed by atoms with E-state index in [-0.39, 0.29) is 5.41 Å². The number of fused-ring (bicyclic) bond motifs is 1. The molecule has 6 heteroatoms. The Bertz CT molecular complexity index is 1160. The number of aromatic nitrogens is 1. The summed E-state index contributed by atoms with van der Waals surface area (Å²) in [5, 5.41) is 4.26. The second-order valence-electron chi connectivity index (χ2n) is 9.83. The first kappa shape index (κ1) is 23.1. The lowest BCUT2D eigenvalue weighted by Crippen LogP contribution is -2.20. The molecule has 1 aliphatic carbocycles. The van der Waals surface area contributed by atoms with Crippen molar-refractivity contribution in [3.05, 3.63) is 77.0 Å². The Morgan fingerprint density at radius 1 is 0.909 bits per heavy atom. The Labute approximate surface area is 192 Å². The molecule has 0 unspecified atom stereocenters. The highest BCUT2D eigenvalue weighted by atomic mass is 19.4. The van der Waals surface area contributed by atoms with Gasteiger partial charge in [0.1, 0.15) is 7.11 Å². The second kappa shape index (κ2) is 8.40. The Morgan fingerprint density at radius 3 is 2.06 bits per heavy atom. The van der Waals surface area contributed by atoms with Gasteiger partial charge < -0.3 is 9.40 Å². The van der Waals surface area contributed by atoms with Crippen LogP contribution in [0.1, 0.15) is 56.5 Å². The highest BCUT2D eigenvalue weighted by Crippen LogP contribution is 2.37. The molecule has 1 heterocycles. The van der Waals surface area contributed by atoms with E-state index in [2.05, 4.69) is 67.7 Å². The van der Waals surface area contributed by atoms with E-state index in [1.165, 1.54) is 12.7 Å². The highest BCUT2D eigenvalue weighted by molar-refractivity contribution is 6.03. The maximum absolute atomic E-state index is 13.2. The number of halogens is 3. The highest BCUT2D eigenvalue weighted by Gasteiger charge is 2.31. The molecule has 0 bridgehead atoms. The average Bonchev–Trinajstić information content (AvgIpc) is 3.12. The van der Waals surface area contributed by atoms with Crippen molar-refractivity contribution < 1.29 is 18.0 Å². The number of hydrogen-bond acceptors (Lipinski definition) is 2. The number of nitrogens with zero attached hydrogens (tertiary/aromatic N) is 2. The van der Waals surface area contributed by atoms with Crippen LogP contribution in [0.4, 0.5) is 13.2 Å². The molecule has 174 valence electrons. The number of alkyl halides is 3. The van der Waals surface area contributed by atoms with Crippen LogP contribution in [0.3, 0.4) is 0 Å². The molecule has 0 amide bonds. The van der Waals surface area contributed by atoms with E-state index in [0.717, 1.165) is 53.2 Å². The van der Waals surface area contributed by atoms with E-state index in [9.17, 15) is 13.2 Å². The lowest BCUT2D eigenvalue weighted by Gasteiger charge is -2.23. The summed E-state index contributed by atoms with van der Waals surface area (Å²) in [4.78, 5) is 5.11. The predicted octanol–water partition coefficient (Wildman–Crippen LogP) is 7.39. The van der Waals surface area contributed by atoms with E-state index < -0.39 is 11.7 Å². The minimum Gasteiger partial charge on any atom is -0.399 e. The van der Waals surface area contributed by atoms with Crippen LogP contribution in [-0.4, -0.2) is 17.4 Å². The van der Waals surface area contributed by atoms with E-state index in [0.29, 0.717) is 11.6 Å². The second-order valence-corrected chi connectivity index (χ2v) is 9.83. The first-order valence-corrected chi connectivity index (χ1v) is 11.1. The summed E-state index contributed by atoms with van der Waals surface area (Å²) in [5.41, 5.74) is 6.12. The zero-order chi connectivity index (χ0) is 24.0. The summed E-state index contributed by atoms with van der Waals surface area (Å²) in [7, 11) is 1.53. The van der Waals surface area contributed by atoms with Crippen LogP contribution in [0.5, 0.6) is 0 Å². The summed E-state index contributed by atoms with van der Waals surface area (Å²) in [5.74, 6) is 0.339. The van der Waals surface area contributed by atoms with Crippen molar-refractivity contribution in [2.75, 3.05) is 7.11 Å². The van der Waals surface area contributed by atoms with Gasteiger partial charge in [-0.3, -0.25) is 0 Å². The van der Waals surface area contributed by atoms with Gasteiger partial charge in [0.25, 0.3) is 0 Å². The van der Waals surface area contributed by atoms with Crippen LogP contribution < -0.4 is 0 Å². The Morgan fingerprint density at radius 2 is 1.52 bits per heavy atom. The fourth-order valence-corrected chi connectivity index (χ4v) is 4.49. The maximum atomic E-state index is 13.2. The molecule has 0 saturated heterocycles. The molecule has 1 atom stereocenters. The van der Waals surface area contributed by atoms with E-state index in [1.54, 1.807) is 12.1 Å². The summed E-state index contributed by atoms with van der Waals surface area (Å²) in [6, 6.07) is 15.9. The number of oxime groups is 1. The Kier molecular flexibility index (Phi) is 5.89. The van der Waals surface area contributed by atoms with Gasteiger partial charge in [0.05, 0.1) is 17.0 Å². The molecule has 0 saturated carbocycles. The van der Waals surface area contributed by atoms with Crippen LogP contribution in [0, 0.1) is 5.92 Å². The summed E-state index contributed by atoms with van der Waals surface area (Å²) in [6.07, 6.45) is -2.77. The summed E-state index contributed by atoms with van der Waals surface area (Å²) < 4.78 is 41.6. The molecular formula is C27H29F3N2O. The van der Waals surface area contributed by atoms with Crippen molar-refractivity contribution in [3.8, 4) is 16.9 Å². The van der Waals surface area contributed by atoms with Gasteiger partial charge in [-0.2, -0.15) is 13.2 Å². The van der Waals surface area contributed by atoms with Crippen molar-refractivity contribution in [1.82, 2.24) is 4.57 Å². The van der Waals surface area contributed by atoms with Crippen molar-refractivity contribution in [3.63, 3.8) is 0 Å². The molecule has 0 spiro atoms. The maximum Gasteiger partial charge on any atom is 0.416 e. The molecule has 1 aromatic heterocycles. The van der Waals surface area contributed by atoms with Crippen molar-refractivity contribution in [2.24, 2.45) is 11.1 Å². The van der Waals surface area contributed by atoms with Crippen LogP contribution in [-0.2, 0) is 22.8 Å². The van der Waals surface area contributed by atoms with Gasteiger partial charge in [-0.05, 0) is 65.6 Å². The SMILES string of the molecule is CO/N=C1/C[C@@H](C)Cc2c1cc(-c1ccc(C(C)(C)C)cc1)n2-c1ccc(C(F)(F)F)cc1. The molecule has 1 aliphatic rings. The van der Waals surface area contributed by atoms with Gasteiger partial charge >= 0.3 is 6.18 Å². The largest absolute Gasteiger partial charge is 0.416 e. The molecule has 3 nitrogen and oxygen atoms in total. The van der Waals surface area contributed by atoms with E-state index in [4.69, 9.17) is 4.84 Å².